The van der Waals surface area contributed by atoms with Crippen molar-refractivity contribution in [3.8, 4) is 0 Å². The summed E-state index contributed by atoms with van der Waals surface area (Å²) in [6.45, 7) is 0. The Morgan fingerprint density at radius 3 is 1.87 bits per heavy atom. The summed E-state index contributed by atoms with van der Waals surface area (Å²) >= 11 is 0. The van der Waals surface area contributed by atoms with E-state index >= 15 is 0 Å². The third-order valence-electron chi connectivity index (χ3n) is 1.92. The van der Waals surface area contributed by atoms with Crippen LogP contribution in [-0.2, 0) is 0 Å². The van der Waals surface area contributed by atoms with Gasteiger partial charge in [-0.05, 0) is 17.7 Å². The lowest BCUT2D eigenvalue weighted by molar-refractivity contribution is 1.53. The minimum atomic E-state index is 0. The minimum Gasteiger partial charge on any atom is -0.256 e. The van der Waals surface area contributed by atoms with Crippen LogP contribution in [0.25, 0.3) is 0 Å². The van der Waals surface area contributed by atoms with E-state index in [0.717, 1.165) is 11.3 Å². The molecule has 0 amide bonds. The molecule has 0 bridgehead atoms. The van der Waals surface area contributed by atoms with Crippen LogP contribution in [0.2, 0.25) is 0 Å². The van der Waals surface area contributed by atoms with E-state index in [1.807, 2.05) is 66.9 Å². The maximum Gasteiger partial charge on any atom is 0.0629 e. The second kappa shape index (κ2) is 5.99. The molecule has 0 atom stereocenters. The van der Waals surface area contributed by atoms with Crippen molar-refractivity contribution in [1.29, 1.82) is 0 Å². The van der Waals surface area contributed by atoms with Crippen LogP contribution in [0.3, 0.4) is 0 Å². The number of aliphatic imine (C=N–C) groups is 1. The summed E-state index contributed by atoms with van der Waals surface area (Å²) in [5, 5.41) is 0. The van der Waals surface area contributed by atoms with Gasteiger partial charge in [0.05, 0.1) is 5.69 Å². The molecule has 0 saturated heterocycles. The van der Waals surface area contributed by atoms with Gasteiger partial charge in [0.15, 0.2) is 0 Å². The van der Waals surface area contributed by atoms with Gasteiger partial charge in [0.2, 0.25) is 0 Å². The van der Waals surface area contributed by atoms with E-state index in [1.165, 1.54) is 0 Å². The van der Waals surface area contributed by atoms with Gasteiger partial charge in [-0.3, -0.25) is 4.99 Å². The molecule has 1 nitrogen and oxygen atoms in total. The zero-order valence-electron chi connectivity index (χ0n) is 8.21. The van der Waals surface area contributed by atoms with E-state index in [4.69, 9.17) is 0 Å². The average Bonchev–Trinajstić information content (AvgIpc) is 2.29. The highest BCUT2D eigenvalue weighted by atomic mass is 35.5. The first-order valence-electron chi connectivity index (χ1n) is 4.59. The first kappa shape index (κ1) is 11.5. The highest BCUT2D eigenvalue weighted by molar-refractivity contribution is 5.85. The lowest BCUT2D eigenvalue weighted by Gasteiger charge is -1.92. The summed E-state index contributed by atoms with van der Waals surface area (Å²) in [4.78, 5) is 4.35. The Labute approximate surface area is 95.9 Å². The summed E-state index contributed by atoms with van der Waals surface area (Å²) in [7, 11) is 0. The minimum absolute atomic E-state index is 0. The normalized spacial score (nSPS) is 9.87. The molecule has 0 spiro atoms. The molecule has 0 unspecified atom stereocenters. The Morgan fingerprint density at radius 2 is 1.27 bits per heavy atom. The first-order chi connectivity index (χ1) is 6.95. The molecule has 2 heteroatoms. The summed E-state index contributed by atoms with van der Waals surface area (Å²) < 4.78 is 0. The summed E-state index contributed by atoms with van der Waals surface area (Å²) in [5.41, 5.74) is 2.10. The first-order valence-corrected chi connectivity index (χ1v) is 4.59. The molecular formula is C13H12ClN. The molecule has 0 N–H and O–H groups in total. The van der Waals surface area contributed by atoms with Gasteiger partial charge in [-0.15, -0.1) is 12.4 Å². The van der Waals surface area contributed by atoms with Gasteiger partial charge in [-0.1, -0.05) is 48.5 Å². The van der Waals surface area contributed by atoms with E-state index in [-0.39, 0.29) is 12.4 Å². The van der Waals surface area contributed by atoms with Crippen LogP contribution < -0.4 is 0 Å². The number of hydrogen-bond donors (Lipinski definition) is 0. The lowest BCUT2D eigenvalue weighted by Crippen LogP contribution is -1.77. The van der Waals surface area contributed by atoms with E-state index in [0.29, 0.717) is 0 Å². The van der Waals surface area contributed by atoms with Gasteiger partial charge in [-0.2, -0.15) is 0 Å². The largest absolute Gasteiger partial charge is 0.256 e. The Balaban J connectivity index is 0.00000112. The molecule has 76 valence electrons. The molecule has 0 fully saturated rings. The maximum atomic E-state index is 4.35. The molecule has 0 heterocycles. The third kappa shape index (κ3) is 3.56. The SMILES string of the molecule is C(=Nc1ccccc1)c1ccccc1.Cl. The zero-order chi connectivity index (χ0) is 9.64. The van der Waals surface area contributed by atoms with Crippen molar-refractivity contribution < 1.29 is 0 Å². The van der Waals surface area contributed by atoms with Gasteiger partial charge in [0, 0.05) is 6.21 Å². The van der Waals surface area contributed by atoms with Crippen molar-refractivity contribution in [3.63, 3.8) is 0 Å². The Kier molecular flexibility index (Phi) is 4.58. The zero-order valence-corrected chi connectivity index (χ0v) is 9.02. The fourth-order valence-electron chi connectivity index (χ4n) is 1.20. The Morgan fingerprint density at radius 1 is 0.733 bits per heavy atom. The standard InChI is InChI=1S/C13H11N.ClH/c1-3-7-12(8-4-1)11-14-13-9-5-2-6-10-13;/h1-11H;1H. The second-order valence-electron chi connectivity index (χ2n) is 3.00. The predicted octanol–water partition coefficient (Wildman–Crippen LogP) is 3.86. The predicted molar refractivity (Wildman–Crippen MR) is 67.4 cm³/mol. The second-order valence-corrected chi connectivity index (χ2v) is 3.00. The molecule has 0 aliphatic rings. The Bertz CT molecular complexity index is 368. The van der Waals surface area contributed by atoms with Crippen LogP contribution in [0, 0.1) is 0 Å². The fraction of sp³-hybridized carbons (Fsp3) is 0. The number of hydrogen-bond acceptors (Lipinski definition) is 1. The van der Waals surface area contributed by atoms with Crippen LogP contribution in [0.15, 0.2) is 65.7 Å². The highest BCUT2D eigenvalue weighted by Crippen LogP contribution is 2.09. The van der Waals surface area contributed by atoms with Crippen molar-refractivity contribution in [2.75, 3.05) is 0 Å². The van der Waals surface area contributed by atoms with Crippen LogP contribution in [0.4, 0.5) is 5.69 Å². The number of para-hydroxylation sites is 1. The van der Waals surface area contributed by atoms with E-state index < -0.39 is 0 Å². The quantitative estimate of drug-likeness (QED) is 0.678. The number of halogens is 1. The lowest BCUT2D eigenvalue weighted by atomic mass is 10.2. The summed E-state index contributed by atoms with van der Waals surface area (Å²) in [6, 6.07) is 20.0. The summed E-state index contributed by atoms with van der Waals surface area (Å²) in [6.07, 6.45) is 1.87. The molecule has 0 aliphatic carbocycles. The van der Waals surface area contributed by atoms with E-state index in [9.17, 15) is 0 Å². The van der Waals surface area contributed by atoms with Crippen molar-refractivity contribution in [1.82, 2.24) is 0 Å². The van der Waals surface area contributed by atoms with Crippen molar-refractivity contribution >= 4 is 24.3 Å². The highest BCUT2D eigenvalue weighted by Gasteiger charge is 1.85. The molecule has 0 aliphatic heterocycles. The number of rotatable bonds is 2. The molecule has 2 rings (SSSR count). The van der Waals surface area contributed by atoms with Crippen molar-refractivity contribution in [3.05, 3.63) is 66.2 Å². The molecule has 0 saturated carbocycles. The smallest absolute Gasteiger partial charge is 0.0629 e. The molecule has 2 aromatic rings. The topological polar surface area (TPSA) is 12.4 Å². The van der Waals surface area contributed by atoms with Crippen molar-refractivity contribution in [2.45, 2.75) is 0 Å². The van der Waals surface area contributed by atoms with Crippen LogP contribution in [0.5, 0.6) is 0 Å². The van der Waals surface area contributed by atoms with Gasteiger partial charge in [0.1, 0.15) is 0 Å². The number of nitrogens with zero attached hydrogens (tertiary/aromatic N) is 1. The van der Waals surface area contributed by atoms with Crippen molar-refractivity contribution in [2.24, 2.45) is 4.99 Å². The molecule has 15 heavy (non-hydrogen) atoms. The maximum absolute atomic E-state index is 4.35. The number of benzene rings is 2. The molecular weight excluding hydrogens is 206 g/mol. The monoisotopic (exact) mass is 217 g/mol. The van der Waals surface area contributed by atoms with Gasteiger partial charge in [-0.25, -0.2) is 0 Å². The van der Waals surface area contributed by atoms with Gasteiger partial charge < -0.3 is 0 Å². The molecule has 0 radical (unpaired) electrons. The molecule has 0 aromatic heterocycles. The Hall–Kier alpha value is -1.60. The van der Waals surface area contributed by atoms with Crippen LogP contribution in [-0.4, -0.2) is 6.21 Å². The van der Waals surface area contributed by atoms with Crippen LogP contribution in [0.1, 0.15) is 5.56 Å². The fourth-order valence-corrected chi connectivity index (χ4v) is 1.20. The van der Waals surface area contributed by atoms with Gasteiger partial charge in [0.25, 0.3) is 0 Å². The average molecular weight is 218 g/mol. The van der Waals surface area contributed by atoms with Crippen LogP contribution >= 0.6 is 12.4 Å². The molecule has 2 aromatic carbocycles. The summed E-state index contributed by atoms with van der Waals surface area (Å²) in [5.74, 6) is 0. The van der Waals surface area contributed by atoms with E-state index in [2.05, 4.69) is 4.99 Å². The van der Waals surface area contributed by atoms with Gasteiger partial charge >= 0.3 is 0 Å². The third-order valence-corrected chi connectivity index (χ3v) is 1.92. The van der Waals surface area contributed by atoms with E-state index in [1.54, 1.807) is 0 Å².